The molecule has 0 atom stereocenters. The van der Waals surface area contributed by atoms with Crippen LogP contribution in [0.5, 0.6) is 0 Å². The summed E-state index contributed by atoms with van der Waals surface area (Å²) < 4.78 is 4.34. The van der Waals surface area contributed by atoms with E-state index >= 15 is 0 Å². The summed E-state index contributed by atoms with van der Waals surface area (Å²) in [4.78, 5) is 9.54. The molecule has 0 rings (SSSR count). The van der Waals surface area contributed by atoms with Crippen LogP contribution in [-0.2, 0) is 9.53 Å². The number of terminal acetylenes is 1. The van der Waals surface area contributed by atoms with Gasteiger partial charge in [-0.15, -0.1) is 6.42 Å². The van der Waals surface area contributed by atoms with E-state index in [1.807, 2.05) is 0 Å². The minimum absolute atomic E-state index is 0.804. The van der Waals surface area contributed by atoms with Crippen LogP contribution in [0.25, 0.3) is 0 Å². The number of hydrogen-bond acceptors (Lipinski definition) is 2. The molecule has 43 valence electrons. The molecule has 0 N–H and O–H groups in total. The quantitative estimate of drug-likeness (QED) is 0.484. The molecule has 8 heavy (non-hydrogen) atoms. The largest absolute Gasteiger partial charge is 0.438 e. The highest BCUT2D eigenvalue weighted by Crippen LogP contribution is 2.02. The zero-order valence-corrected chi connectivity index (χ0v) is 4.89. The second-order valence-corrected chi connectivity index (χ2v) is 1.84. The first kappa shape index (κ1) is 7.03. The van der Waals surface area contributed by atoms with Crippen molar-refractivity contribution in [2.24, 2.45) is 0 Å². The number of carbonyl (C=O) groups excluding carboxylic acids is 1. The van der Waals surface area contributed by atoms with Gasteiger partial charge in [0.2, 0.25) is 0 Å². The van der Waals surface area contributed by atoms with Gasteiger partial charge in [0.15, 0.2) is 5.60 Å². The summed E-state index contributed by atoms with van der Waals surface area (Å²) in [7, 11) is 0. The molecule has 0 saturated heterocycles. The van der Waals surface area contributed by atoms with Gasteiger partial charge in [-0.05, 0) is 13.8 Å². The molecule has 0 aromatic carbocycles. The molecule has 0 saturated carbocycles. The van der Waals surface area contributed by atoms with Gasteiger partial charge in [-0.25, -0.2) is 4.79 Å². The fraction of sp³-hybridized carbons (Fsp3) is 0.500. The molecule has 0 amide bonds. The first-order chi connectivity index (χ1) is 3.62. The third kappa shape index (κ3) is 2.25. The maximum atomic E-state index is 9.54. The second-order valence-electron chi connectivity index (χ2n) is 1.84. The molecule has 0 aliphatic heterocycles. The maximum absolute atomic E-state index is 9.54. The number of hydrogen-bond donors (Lipinski definition) is 0. The van der Waals surface area contributed by atoms with E-state index in [2.05, 4.69) is 10.7 Å². The highest BCUT2D eigenvalue weighted by atomic mass is 16.5. The van der Waals surface area contributed by atoms with Crippen molar-refractivity contribution >= 4 is 6.47 Å². The van der Waals surface area contributed by atoms with Crippen molar-refractivity contribution in [3.05, 3.63) is 0 Å². The number of rotatable bonds is 2. The third-order valence-electron chi connectivity index (χ3n) is 0.644. The van der Waals surface area contributed by atoms with Gasteiger partial charge in [-0.2, -0.15) is 0 Å². The van der Waals surface area contributed by atoms with Gasteiger partial charge in [0, 0.05) is 0 Å². The van der Waals surface area contributed by atoms with Gasteiger partial charge < -0.3 is 4.74 Å². The van der Waals surface area contributed by atoms with Crippen molar-refractivity contribution in [3.63, 3.8) is 0 Å². The van der Waals surface area contributed by atoms with Crippen molar-refractivity contribution in [1.29, 1.82) is 0 Å². The Balaban J connectivity index is 3.76. The highest BCUT2D eigenvalue weighted by Gasteiger charge is 2.13. The molecule has 2 nitrogen and oxygen atoms in total. The topological polar surface area (TPSA) is 26.3 Å². The Bertz CT molecular complexity index is 119. The van der Waals surface area contributed by atoms with Gasteiger partial charge >= 0.3 is 6.47 Å². The molecule has 1 radical (unpaired) electrons. The first-order valence-electron chi connectivity index (χ1n) is 2.15. The van der Waals surface area contributed by atoms with Crippen LogP contribution in [0.3, 0.4) is 0 Å². The Kier molecular flexibility index (Phi) is 2.08. The summed E-state index contributed by atoms with van der Waals surface area (Å²) in [5.41, 5.74) is -0.804. The van der Waals surface area contributed by atoms with Crippen LogP contribution in [0.2, 0.25) is 0 Å². The summed E-state index contributed by atoms with van der Waals surface area (Å²) in [6.45, 7) is 4.48. The molecule has 0 fully saturated rings. The molecule has 0 bridgehead atoms. The average molecular weight is 111 g/mol. The van der Waals surface area contributed by atoms with Gasteiger partial charge in [0.1, 0.15) is 0 Å². The van der Waals surface area contributed by atoms with Crippen LogP contribution >= 0.6 is 0 Å². The molecule has 2 heteroatoms. The van der Waals surface area contributed by atoms with Crippen LogP contribution in [-0.4, -0.2) is 12.1 Å². The first-order valence-corrected chi connectivity index (χ1v) is 2.15. The van der Waals surface area contributed by atoms with Crippen LogP contribution in [0.4, 0.5) is 0 Å². The van der Waals surface area contributed by atoms with Crippen molar-refractivity contribution in [3.8, 4) is 12.3 Å². The van der Waals surface area contributed by atoms with Gasteiger partial charge in [-0.1, -0.05) is 5.92 Å². The van der Waals surface area contributed by atoms with Crippen LogP contribution in [0, 0.1) is 12.3 Å². The lowest BCUT2D eigenvalue weighted by Crippen LogP contribution is -2.20. The normalized spacial score (nSPS) is 9.62. The van der Waals surface area contributed by atoms with Crippen molar-refractivity contribution in [1.82, 2.24) is 0 Å². The molecular formula is C6H7O2. The Morgan fingerprint density at radius 2 is 2.12 bits per heavy atom. The van der Waals surface area contributed by atoms with Crippen molar-refractivity contribution in [2.75, 3.05) is 0 Å². The van der Waals surface area contributed by atoms with E-state index in [9.17, 15) is 4.79 Å². The van der Waals surface area contributed by atoms with Gasteiger partial charge in [0.05, 0.1) is 0 Å². The molecule has 0 aromatic heterocycles. The Morgan fingerprint density at radius 1 is 1.62 bits per heavy atom. The van der Waals surface area contributed by atoms with Gasteiger partial charge in [0.25, 0.3) is 0 Å². The Morgan fingerprint density at radius 3 is 2.25 bits per heavy atom. The molecular weight excluding hydrogens is 104 g/mol. The summed E-state index contributed by atoms with van der Waals surface area (Å²) in [6.07, 6.45) is 4.94. The zero-order chi connectivity index (χ0) is 6.62. The van der Waals surface area contributed by atoms with E-state index in [4.69, 9.17) is 6.42 Å². The highest BCUT2D eigenvalue weighted by molar-refractivity contribution is 5.40. The van der Waals surface area contributed by atoms with Crippen LogP contribution in [0.15, 0.2) is 0 Å². The summed E-state index contributed by atoms with van der Waals surface area (Å²) >= 11 is 0. The van der Waals surface area contributed by atoms with E-state index in [0.717, 1.165) is 0 Å². The minimum Gasteiger partial charge on any atom is -0.438 e. The van der Waals surface area contributed by atoms with Crippen molar-refractivity contribution in [2.45, 2.75) is 19.4 Å². The number of ether oxygens (including phenoxy) is 1. The van der Waals surface area contributed by atoms with Crippen molar-refractivity contribution < 1.29 is 9.53 Å². The van der Waals surface area contributed by atoms with E-state index in [1.165, 1.54) is 6.47 Å². The molecule has 0 unspecified atom stereocenters. The fourth-order valence-electron chi connectivity index (χ4n) is 0.134. The molecule has 0 heterocycles. The van der Waals surface area contributed by atoms with Gasteiger partial charge in [-0.3, -0.25) is 0 Å². The monoisotopic (exact) mass is 111 g/mol. The maximum Gasteiger partial charge on any atom is 0.419 e. The SMILES string of the molecule is C#CC(C)(C)O[C]=O. The predicted molar refractivity (Wildman–Crippen MR) is 29.7 cm³/mol. The van der Waals surface area contributed by atoms with E-state index in [-0.39, 0.29) is 0 Å². The van der Waals surface area contributed by atoms with E-state index < -0.39 is 5.60 Å². The summed E-state index contributed by atoms with van der Waals surface area (Å²) in [6, 6.07) is 0. The lowest BCUT2D eigenvalue weighted by atomic mass is 10.2. The van der Waals surface area contributed by atoms with E-state index in [0.29, 0.717) is 0 Å². The van der Waals surface area contributed by atoms with E-state index in [1.54, 1.807) is 13.8 Å². The minimum atomic E-state index is -0.804. The Hall–Kier alpha value is -0.970. The standard InChI is InChI=1S/C6H7O2/c1-4-6(2,3)8-5-7/h1H,2-3H3. The van der Waals surface area contributed by atoms with Crippen LogP contribution < -0.4 is 0 Å². The average Bonchev–Trinajstić information content (AvgIpc) is 1.67. The lowest BCUT2D eigenvalue weighted by Gasteiger charge is -2.12. The second kappa shape index (κ2) is 2.37. The molecule has 0 aliphatic rings. The zero-order valence-electron chi connectivity index (χ0n) is 4.89. The van der Waals surface area contributed by atoms with Crippen LogP contribution in [0.1, 0.15) is 13.8 Å². The Labute approximate surface area is 48.8 Å². The molecule has 0 aromatic rings. The summed E-state index contributed by atoms with van der Waals surface area (Å²) in [5, 5.41) is 0. The molecule has 0 spiro atoms. The fourth-order valence-corrected chi connectivity index (χ4v) is 0.134. The predicted octanol–water partition coefficient (Wildman–Crippen LogP) is 0.482. The summed E-state index contributed by atoms with van der Waals surface area (Å²) in [5.74, 6) is 2.26. The molecule has 0 aliphatic carbocycles. The third-order valence-corrected chi connectivity index (χ3v) is 0.644. The smallest absolute Gasteiger partial charge is 0.419 e. The lowest BCUT2D eigenvalue weighted by molar-refractivity contribution is 0.148.